The lowest BCUT2D eigenvalue weighted by molar-refractivity contribution is 0.399. The second-order valence-electron chi connectivity index (χ2n) is 5.26. The van der Waals surface area contributed by atoms with E-state index in [0.29, 0.717) is 24.4 Å². The topological polar surface area (TPSA) is 63.4 Å². The van der Waals surface area contributed by atoms with Gasteiger partial charge in [-0.15, -0.1) is 0 Å². The molecule has 1 fully saturated rings. The summed E-state index contributed by atoms with van der Waals surface area (Å²) in [5.74, 6) is 0. The molecule has 5 heteroatoms. The second-order valence-corrected chi connectivity index (χ2v) is 7.12. The number of nitrogens with zero attached hydrogens (tertiary/aromatic N) is 1. The van der Waals surface area contributed by atoms with E-state index in [9.17, 15) is 8.42 Å². The molecule has 0 saturated heterocycles. The van der Waals surface area contributed by atoms with E-state index in [1.165, 1.54) is 0 Å². The van der Waals surface area contributed by atoms with Crippen LogP contribution in [0.5, 0.6) is 0 Å². The Balaban J connectivity index is 2.33. The van der Waals surface area contributed by atoms with E-state index >= 15 is 0 Å². The Hall–Kier alpha value is -0.910. The normalized spacial score (nSPS) is 16.0. The molecule has 1 aliphatic rings. The molecule has 106 valence electrons. The minimum absolute atomic E-state index is 0.178. The first-order valence-corrected chi connectivity index (χ1v) is 8.20. The van der Waals surface area contributed by atoms with Crippen LogP contribution in [0, 0.1) is 13.8 Å². The highest BCUT2D eigenvalue weighted by molar-refractivity contribution is 7.89. The Morgan fingerprint density at radius 1 is 1.32 bits per heavy atom. The summed E-state index contributed by atoms with van der Waals surface area (Å²) in [7, 11) is -3.38. The Morgan fingerprint density at radius 3 is 2.53 bits per heavy atom. The number of sulfonamides is 1. The van der Waals surface area contributed by atoms with Crippen LogP contribution in [0.15, 0.2) is 23.1 Å². The van der Waals surface area contributed by atoms with Gasteiger partial charge >= 0.3 is 0 Å². The first-order chi connectivity index (χ1) is 8.96. The first-order valence-electron chi connectivity index (χ1n) is 6.76. The number of benzene rings is 1. The van der Waals surface area contributed by atoms with E-state index in [-0.39, 0.29) is 6.04 Å². The van der Waals surface area contributed by atoms with Gasteiger partial charge in [0.25, 0.3) is 0 Å². The molecule has 0 unspecified atom stereocenters. The highest BCUT2D eigenvalue weighted by Gasteiger charge is 2.38. The molecule has 2 N–H and O–H groups in total. The Kier molecular flexibility index (Phi) is 4.28. The molecule has 0 bridgehead atoms. The standard InChI is InChI=1S/C14H22N2O2S/c1-11-4-7-14(12(2)10-11)19(17,18)16(9-3-8-15)13-5-6-13/h4,7,10,13H,3,5-6,8-9,15H2,1-2H3. The summed E-state index contributed by atoms with van der Waals surface area (Å²) in [4.78, 5) is 0.432. The van der Waals surface area contributed by atoms with E-state index < -0.39 is 10.0 Å². The maximum Gasteiger partial charge on any atom is 0.243 e. The molecule has 0 spiro atoms. The van der Waals surface area contributed by atoms with Gasteiger partial charge in [-0.05, 0) is 51.3 Å². The predicted molar refractivity (Wildman–Crippen MR) is 76.5 cm³/mol. The van der Waals surface area contributed by atoms with Gasteiger partial charge < -0.3 is 5.73 Å². The van der Waals surface area contributed by atoms with Crippen LogP contribution in [-0.4, -0.2) is 31.9 Å². The van der Waals surface area contributed by atoms with Gasteiger partial charge in [-0.25, -0.2) is 8.42 Å². The third-order valence-electron chi connectivity index (χ3n) is 3.45. The van der Waals surface area contributed by atoms with Crippen molar-refractivity contribution in [3.05, 3.63) is 29.3 Å². The molecule has 0 radical (unpaired) electrons. The number of rotatable bonds is 6. The van der Waals surface area contributed by atoms with Crippen LogP contribution >= 0.6 is 0 Å². The van der Waals surface area contributed by atoms with Crippen LogP contribution < -0.4 is 5.73 Å². The summed E-state index contributed by atoms with van der Waals surface area (Å²) in [6.07, 6.45) is 2.64. The van der Waals surface area contributed by atoms with Gasteiger partial charge in [0.05, 0.1) is 4.90 Å². The van der Waals surface area contributed by atoms with Crippen LogP contribution in [0.1, 0.15) is 30.4 Å². The summed E-state index contributed by atoms with van der Waals surface area (Å²) >= 11 is 0. The van der Waals surface area contributed by atoms with Gasteiger partial charge in [0.1, 0.15) is 0 Å². The molecule has 0 amide bonds. The van der Waals surface area contributed by atoms with Gasteiger partial charge in [0.2, 0.25) is 10.0 Å². The van der Waals surface area contributed by atoms with Crippen molar-refractivity contribution in [1.29, 1.82) is 0 Å². The average Bonchev–Trinajstić information content (AvgIpc) is 3.13. The lowest BCUT2D eigenvalue weighted by Crippen LogP contribution is -2.35. The zero-order valence-corrected chi connectivity index (χ0v) is 12.4. The molecule has 1 aromatic rings. The summed E-state index contributed by atoms with van der Waals surface area (Å²) < 4.78 is 27.1. The van der Waals surface area contributed by atoms with Crippen molar-refractivity contribution in [2.75, 3.05) is 13.1 Å². The van der Waals surface area contributed by atoms with E-state index in [1.54, 1.807) is 10.4 Å². The first kappa shape index (κ1) is 14.5. The zero-order valence-electron chi connectivity index (χ0n) is 11.6. The van der Waals surface area contributed by atoms with E-state index in [0.717, 1.165) is 24.0 Å². The lowest BCUT2D eigenvalue weighted by atomic mass is 10.2. The highest BCUT2D eigenvalue weighted by Crippen LogP contribution is 2.33. The van der Waals surface area contributed by atoms with Gasteiger partial charge in [-0.2, -0.15) is 4.31 Å². The average molecular weight is 282 g/mol. The fraction of sp³-hybridized carbons (Fsp3) is 0.571. The quantitative estimate of drug-likeness (QED) is 0.865. The number of aryl methyl sites for hydroxylation is 2. The molecule has 2 rings (SSSR count). The van der Waals surface area contributed by atoms with E-state index in [2.05, 4.69) is 0 Å². The summed E-state index contributed by atoms with van der Waals surface area (Å²) in [5, 5.41) is 0. The Labute approximate surface area is 115 Å². The summed E-state index contributed by atoms with van der Waals surface area (Å²) in [5.41, 5.74) is 7.41. The molecule has 1 saturated carbocycles. The maximum absolute atomic E-state index is 12.7. The molecule has 0 atom stereocenters. The van der Waals surface area contributed by atoms with Crippen molar-refractivity contribution in [2.45, 2.75) is 44.0 Å². The fourth-order valence-electron chi connectivity index (χ4n) is 2.32. The molecule has 4 nitrogen and oxygen atoms in total. The largest absolute Gasteiger partial charge is 0.330 e. The zero-order chi connectivity index (χ0) is 14.0. The summed E-state index contributed by atoms with van der Waals surface area (Å²) in [6, 6.07) is 5.67. The minimum Gasteiger partial charge on any atom is -0.330 e. The molecule has 19 heavy (non-hydrogen) atoms. The molecule has 1 aromatic carbocycles. The molecule has 0 heterocycles. The molecule has 0 aliphatic heterocycles. The van der Waals surface area contributed by atoms with E-state index in [1.807, 2.05) is 26.0 Å². The smallest absolute Gasteiger partial charge is 0.243 e. The SMILES string of the molecule is Cc1ccc(S(=O)(=O)N(CCCN)C2CC2)c(C)c1. The van der Waals surface area contributed by atoms with Crippen LogP contribution in [0.25, 0.3) is 0 Å². The monoisotopic (exact) mass is 282 g/mol. The van der Waals surface area contributed by atoms with Gasteiger partial charge in [-0.3, -0.25) is 0 Å². The van der Waals surface area contributed by atoms with Crippen LogP contribution in [-0.2, 0) is 10.0 Å². The third kappa shape index (κ3) is 3.16. The predicted octanol–water partition coefficient (Wildman–Crippen LogP) is 1.81. The van der Waals surface area contributed by atoms with Crippen molar-refractivity contribution < 1.29 is 8.42 Å². The number of hydrogen-bond donors (Lipinski definition) is 1. The fourth-order valence-corrected chi connectivity index (χ4v) is 4.25. The van der Waals surface area contributed by atoms with E-state index in [4.69, 9.17) is 5.73 Å². The molecule has 1 aliphatic carbocycles. The third-order valence-corrected chi connectivity index (χ3v) is 5.57. The second kappa shape index (κ2) is 5.61. The van der Waals surface area contributed by atoms with Gasteiger partial charge in [0, 0.05) is 12.6 Å². The Morgan fingerprint density at radius 2 is 2.00 bits per heavy atom. The Bertz CT molecular complexity index is 551. The van der Waals surface area contributed by atoms with Crippen LogP contribution in [0.4, 0.5) is 0 Å². The molecule has 0 aromatic heterocycles. The van der Waals surface area contributed by atoms with Gasteiger partial charge in [-0.1, -0.05) is 17.7 Å². The van der Waals surface area contributed by atoms with Crippen LogP contribution in [0.2, 0.25) is 0 Å². The lowest BCUT2D eigenvalue weighted by Gasteiger charge is -2.22. The van der Waals surface area contributed by atoms with Crippen molar-refractivity contribution in [2.24, 2.45) is 5.73 Å². The number of nitrogens with two attached hydrogens (primary N) is 1. The van der Waals surface area contributed by atoms with Crippen LogP contribution in [0.3, 0.4) is 0 Å². The maximum atomic E-state index is 12.7. The molecular weight excluding hydrogens is 260 g/mol. The minimum atomic E-state index is -3.38. The number of hydrogen-bond acceptors (Lipinski definition) is 3. The summed E-state index contributed by atoms with van der Waals surface area (Å²) in [6.45, 7) is 4.87. The highest BCUT2D eigenvalue weighted by atomic mass is 32.2. The van der Waals surface area contributed by atoms with Crippen molar-refractivity contribution in [3.8, 4) is 0 Å². The molecular formula is C14H22N2O2S. The van der Waals surface area contributed by atoms with Crippen molar-refractivity contribution >= 4 is 10.0 Å². The van der Waals surface area contributed by atoms with Gasteiger partial charge in [0.15, 0.2) is 0 Å². The van der Waals surface area contributed by atoms with Crippen molar-refractivity contribution in [1.82, 2.24) is 4.31 Å². The van der Waals surface area contributed by atoms with Crippen molar-refractivity contribution in [3.63, 3.8) is 0 Å².